The first-order valence-corrected chi connectivity index (χ1v) is 6.61. The molecule has 1 N–H and O–H groups in total. The third kappa shape index (κ3) is 1.89. The highest BCUT2D eigenvalue weighted by Crippen LogP contribution is 2.45. The normalized spacial score (nSPS) is 20.8. The number of hydrogen-bond donors (Lipinski definition) is 1. The van der Waals surface area contributed by atoms with Gasteiger partial charge in [0.05, 0.1) is 0 Å². The molecule has 0 heterocycles. The van der Waals surface area contributed by atoms with Gasteiger partial charge in [0, 0.05) is 6.61 Å². The van der Waals surface area contributed by atoms with Crippen LogP contribution in [0.5, 0.6) is 0 Å². The number of hydrogen-bond acceptors (Lipinski definition) is 1. The maximum atomic E-state index is 9.17. The monoisotopic (exact) mass is 216 g/mol. The molecular weight excluding hydrogens is 196 g/mol. The quantitative estimate of drug-likeness (QED) is 0.820. The summed E-state index contributed by atoms with van der Waals surface area (Å²) in [6.45, 7) is 0.332. The van der Waals surface area contributed by atoms with Crippen LogP contribution in [0.2, 0.25) is 0 Å². The zero-order valence-corrected chi connectivity index (χ0v) is 9.78. The van der Waals surface area contributed by atoms with Crippen molar-refractivity contribution < 1.29 is 5.11 Å². The minimum atomic E-state index is 0.332. The molecule has 1 atom stereocenters. The third-order valence-electron chi connectivity index (χ3n) is 4.18. The summed E-state index contributed by atoms with van der Waals surface area (Å²) in [6.07, 6.45) is 7.53. The lowest BCUT2D eigenvalue weighted by Crippen LogP contribution is -2.04. The van der Waals surface area contributed by atoms with E-state index in [0.717, 1.165) is 12.3 Å². The lowest BCUT2D eigenvalue weighted by atomic mass is 9.89. The molecule has 0 bridgehead atoms. The molecule has 0 aliphatic heterocycles. The Balaban J connectivity index is 1.86. The molecule has 0 aromatic heterocycles. The van der Waals surface area contributed by atoms with Crippen LogP contribution in [0.1, 0.15) is 48.3 Å². The Morgan fingerprint density at radius 1 is 1.19 bits per heavy atom. The van der Waals surface area contributed by atoms with Gasteiger partial charge in [0.1, 0.15) is 0 Å². The van der Waals surface area contributed by atoms with Gasteiger partial charge in [0.15, 0.2) is 0 Å². The highest BCUT2D eigenvalue weighted by atomic mass is 16.3. The summed E-state index contributed by atoms with van der Waals surface area (Å²) in [5, 5.41) is 9.17. The summed E-state index contributed by atoms with van der Waals surface area (Å²) in [5.41, 5.74) is 4.61. The second-order valence-corrected chi connectivity index (χ2v) is 5.34. The lowest BCUT2D eigenvalue weighted by Gasteiger charge is -2.16. The second kappa shape index (κ2) is 4.21. The van der Waals surface area contributed by atoms with Crippen LogP contribution in [0, 0.1) is 5.92 Å². The van der Waals surface area contributed by atoms with Gasteiger partial charge in [-0.3, -0.25) is 0 Å². The van der Waals surface area contributed by atoms with E-state index in [1.165, 1.54) is 37.7 Å². The molecule has 3 rings (SSSR count). The number of aryl methyl sites for hydroxylation is 2. The second-order valence-electron chi connectivity index (χ2n) is 5.34. The van der Waals surface area contributed by atoms with Crippen molar-refractivity contribution in [3.05, 3.63) is 34.9 Å². The SMILES string of the molecule is OCCC(c1ccc2c(c1)CCC2)C1CC1. The van der Waals surface area contributed by atoms with Crippen LogP contribution in [0.3, 0.4) is 0 Å². The topological polar surface area (TPSA) is 20.2 Å². The molecule has 1 aromatic carbocycles. The summed E-state index contributed by atoms with van der Waals surface area (Å²) in [4.78, 5) is 0. The summed E-state index contributed by atoms with van der Waals surface area (Å²) in [6, 6.07) is 7.05. The minimum absolute atomic E-state index is 0.332. The van der Waals surface area contributed by atoms with Crippen LogP contribution in [0.4, 0.5) is 0 Å². The fraction of sp³-hybridized carbons (Fsp3) is 0.600. The summed E-state index contributed by atoms with van der Waals surface area (Å²) < 4.78 is 0. The third-order valence-corrected chi connectivity index (χ3v) is 4.18. The van der Waals surface area contributed by atoms with Gasteiger partial charge < -0.3 is 5.11 Å². The van der Waals surface area contributed by atoms with E-state index in [-0.39, 0.29) is 0 Å². The molecule has 1 heteroatoms. The van der Waals surface area contributed by atoms with E-state index < -0.39 is 0 Å². The first kappa shape index (κ1) is 10.3. The Kier molecular flexibility index (Phi) is 2.72. The smallest absolute Gasteiger partial charge is 0.0436 e. The average molecular weight is 216 g/mol. The molecule has 1 aromatic rings. The van der Waals surface area contributed by atoms with Crippen LogP contribution >= 0.6 is 0 Å². The predicted molar refractivity (Wildman–Crippen MR) is 65.6 cm³/mol. The maximum absolute atomic E-state index is 9.17. The number of fused-ring (bicyclic) bond motifs is 1. The molecule has 1 fully saturated rings. The molecule has 0 saturated heterocycles. The van der Waals surface area contributed by atoms with E-state index in [2.05, 4.69) is 18.2 Å². The van der Waals surface area contributed by atoms with Crippen molar-refractivity contribution >= 4 is 0 Å². The fourth-order valence-corrected chi connectivity index (χ4v) is 3.13. The first-order chi connectivity index (χ1) is 7.88. The number of rotatable bonds is 4. The van der Waals surface area contributed by atoms with Crippen molar-refractivity contribution in [2.75, 3.05) is 6.61 Å². The van der Waals surface area contributed by atoms with Gasteiger partial charge in [-0.2, -0.15) is 0 Å². The van der Waals surface area contributed by atoms with Crippen molar-refractivity contribution in [2.45, 2.75) is 44.4 Å². The zero-order valence-electron chi connectivity index (χ0n) is 9.78. The molecule has 1 unspecified atom stereocenters. The van der Waals surface area contributed by atoms with Gasteiger partial charge in [-0.15, -0.1) is 0 Å². The number of aliphatic hydroxyl groups excluding tert-OH is 1. The van der Waals surface area contributed by atoms with Gasteiger partial charge in [0.2, 0.25) is 0 Å². The van der Waals surface area contributed by atoms with Crippen molar-refractivity contribution in [3.63, 3.8) is 0 Å². The van der Waals surface area contributed by atoms with Gasteiger partial charge in [0.25, 0.3) is 0 Å². The van der Waals surface area contributed by atoms with Gasteiger partial charge in [-0.05, 0) is 67.1 Å². The lowest BCUT2D eigenvalue weighted by molar-refractivity contribution is 0.270. The Hall–Kier alpha value is -0.820. The zero-order chi connectivity index (χ0) is 11.0. The largest absolute Gasteiger partial charge is 0.396 e. The van der Waals surface area contributed by atoms with Crippen LogP contribution in [0.25, 0.3) is 0 Å². The van der Waals surface area contributed by atoms with E-state index in [0.29, 0.717) is 12.5 Å². The Morgan fingerprint density at radius 3 is 2.75 bits per heavy atom. The molecular formula is C15H20O. The minimum Gasteiger partial charge on any atom is -0.396 e. The fourth-order valence-electron chi connectivity index (χ4n) is 3.13. The first-order valence-electron chi connectivity index (χ1n) is 6.61. The van der Waals surface area contributed by atoms with E-state index in [4.69, 9.17) is 5.11 Å². The van der Waals surface area contributed by atoms with E-state index in [9.17, 15) is 0 Å². The van der Waals surface area contributed by atoms with Crippen LogP contribution < -0.4 is 0 Å². The van der Waals surface area contributed by atoms with Crippen LogP contribution in [-0.4, -0.2) is 11.7 Å². The van der Waals surface area contributed by atoms with Gasteiger partial charge >= 0.3 is 0 Å². The maximum Gasteiger partial charge on any atom is 0.0436 e. The highest BCUT2D eigenvalue weighted by molar-refractivity contribution is 5.37. The summed E-state index contributed by atoms with van der Waals surface area (Å²) >= 11 is 0. The molecule has 16 heavy (non-hydrogen) atoms. The molecule has 1 saturated carbocycles. The van der Waals surface area contributed by atoms with Crippen LogP contribution in [0.15, 0.2) is 18.2 Å². The Morgan fingerprint density at radius 2 is 2.00 bits per heavy atom. The van der Waals surface area contributed by atoms with Crippen LogP contribution in [-0.2, 0) is 12.8 Å². The molecule has 86 valence electrons. The molecule has 0 radical (unpaired) electrons. The molecule has 0 amide bonds. The number of benzene rings is 1. The number of aliphatic hydroxyl groups is 1. The van der Waals surface area contributed by atoms with Gasteiger partial charge in [-0.1, -0.05) is 18.2 Å². The predicted octanol–water partition coefficient (Wildman–Crippen LogP) is 3.05. The van der Waals surface area contributed by atoms with E-state index >= 15 is 0 Å². The standard InChI is InChI=1S/C15H20O/c16-9-8-15(12-5-6-12)14-7-4-11-2-1-3-13(11)10-14/h4,7,10,12,15-16H,1-3,5-6,8-9H2. The highest BCUT2D eigenvalue weighted by Gasteiger charge is 2.32. The average Bonchev–Trinajstić information content (AvgIpc) is 3.03. The molecule has 0 spiro atoms. The summed E-state index contributed by atoms with van der Waals surface area (Å²) in [7, 11) is 0. The molecule has 2 aliphatic rings. The van der Waals surface area contributed by atoms with Crippen molar-refractivity contribution in [1.29, 1.82) is 0 Å². The van der Waals surface area contributed by atoms with E-state index in [1.807, 2.05) is 0 Å². The van der Waals surface area contributed by atoms with Crippen molar-refractivity contribution in [1.82, 2.24) is 0 Å². The van der Waals surface area contributed by atoms with Gasteiger partial charge in [-0.25, -0.2) is 0 Å². The summed E-state index contributed by atoms with van der Waals surface area (Å²) in [5.74, 6) is 1.47. The van der Waals surface area contributed by atoms with E-state index in [1.54, 1.807) is 11.1 Å². The van der Waals surface area contributed by atoms with Crippen molar-refractivity contribution in [3.8, 4) is 0 Å². The molecule has 1 nitrogen and oxygen atoms in total. The Labute approximate surface area is 97.5 Å². The Bertz CT molecular complexity index is 379. The molecule has 2 aliphatic carbocycles. The van der Waals surface area contributed by atoms with Crippen molar-refractivity contribution in [2.24, 2.45) is 5.92 Å².